The van der Waals surface area contributed by atoms with E-state index in [2.05, 4.69) is 31.2 Å². The molecular weight excluding hydrogens is 461 g/mol. The van der Waals surface area contributed by atoms with E-state index in [1.165, 1.54) is 0 Å². The zero-order valence-corrected chi connectivity index (χ0v) is 18.0. The number of rotatable bonds is 7. The third kappa shape index (κ3) is 5.41. The maximum atomic E-state index is 13.5. The Hall–Kier alpha value is -2.81. The van der Waals surface area contributed by atoms with Crippen LogP contribution in [0.4, 0.5) is 36.3 Å². The van der Waals surface area contributed by atoms with Crippen LogP contribution >= 0.6 is 15.9 Å². The number of benzene rings is 2. The lowest BCUT2D eigenvalue weighted by molar-refractivity contribution is -0.137. The standard InChI is InChI=1S/C21H20BrF3N4O/c1-3-12-30-17-10-8-16(9-11-17)29(2)20-26-13-18(21(23,24)25)19(28-20)27-15-6-4-14(22)5-7-15/h4-11,13H,3,12H2,1-2H3,(H,26,27,28). The van der Waals surface area contributed by atoms with Crippen LogP contribution in [0, 0.1) is 0 Å². The summed E-state index contributed by atoms with van der Waals surface area (Å²) in [4.78, 5) is 9.68. The van der Waals surface area contributed by atoms with Gasteiger partial charge in [0.2, 0.25) is 5.95 Å². The summed E-state index contributed by atoms with van der Waals surface area (Å²) in [5.74, 6) is 0.536. The average molecular weight is 481 g/mol. The lowest BCUT2D eigenvalue weighted by atomic mass is 10.2. The first-order valence-corrected chi connectivity index (χ1v) is 10.0. The topological polar surface area (TPSA) is 50.3 Å². The van der Waals surface area contributed by atoms with E-state index in [-0.39, 0.29) is 11.8 Å². The van der Waals surface area contributed by atoms with Gasteiger partial charge in [0.05, 0.1) is 6.61 Å². The van der Waals surface area contributed by atoms with Crippen molar-refractivity contribution in [3.63, 3.8) is 0 Å². The fourth-order valence-corrected chi connectivity index (χ4v) is 2.87. The Kier molecular flexibility index (Phi) is 6.81. The van der Waals surface area contributed by atoms with E-state index in [0.29, 0.717) is 18.0 Å². The molecule has 158 valence electrons. The largest absolute Gasteiger partial charge is 0.494 e. The van der Waals surface area contributed by atoms with Crippen LogP contribution in [-0.2, 0) is 6.18 Å². The molecule has 0 saturated heterocycles. The Morgan fingerprint density at radius 3 is 2.33 bits per heavy atom. The van der Waals surface area contributed by atoms with Gasteiger partial charge in [-0.05, 0) is 55.0 Å². The smallest absolute Gasteiger partial charge is 0.421 e. The minimum atomic E-state index is -4.59. The SMILES string of the molecule is CCCOc1ccc(N(C)c2ncc(C(F)(F)F)c(Nc3ccc(Br)cc3)n2)cc1. The van der Waals surface area contributed by atoms with E-state index >= 15 is 0 Å². The molecule has 0 aliphatic carbocycles. The van der Waals surface area contributed by atoms with E-state index in [4.69, 9.17) is 4.74 Å². The molecule has 0 spiro atoms. The molecule has 0 unspecified atom stereocenters. The molecule has 0 aliphatic heterocycles. The Morgan fingerprint density at radius 1 is 1.07 bits per heavy atom. The zero-order valence-electron chi connectivity index (χ0n) is 16.4. The third-order valence-corrected chi connectivity index (χ3v) is 4.71. The van der Waals surface area contributed by atoms with Gasteiger partial charge in [-0.3, -0.25) is 0 Å². The highest BCUT2D eigenvalue weighted by atomic mass is 79.9. The number of hydrogen-bond acceptors (Lipinski definition) is 5. The molecule has 1 aromatic heterocycles. The van der Waals surface area contributed by atoms with Gasteiger partial charge in [-0.15, -0.1) is 0 Å². The molecule has 3 rings (SSSR count). The molecule has 1 heterocycles. The molecular formula is C21H20BrF3N4O. The van der Waals surface area contributed by atoms with Crippen molar-refractivity contribution in [3.8, 4) is 5.75 Å². The van der Waals surface area contributed by atoms with Crippen LogP contribution < -0.4 is 15.0 Å². The van der Waals surface area contributed by atoms with Crippen molar-refractivity contribution in [3.05, 3.63) is 64.8 Å². The second kappa shape index (κ2) is 9.34. The van der Waals surface area contributed by atoms with Gasteiger partial charge in [0.25, 0.3) is 0 Å². The lowest BCUT2D eigenvalue weighted by Gasteiger charge is -2.20. The normalized spacial score (nSPS) is 11.3. The highest BCUT2D eigenvalue weighted by molar-refractivity contribution is 9.10. The van der Waals surface area contributed by atoms with Gasteiger partial charge in [0, 0.05) is 29.1 Å². The first kappa shape index (κ1) is 21.9. The summed E-state index contributed by atoms with van der Waals surface area (Å²) in [6, 6.07) is 14.0. The van der Waals surface area contributed by atoms with Crippen LogP contribution in [0.2, 0.25) is 0 Å². The molecule has 0 atom stereocenters. The van der Waals surface area contributed by atoms with Crippen LogP contribution in [0.25, 0.3) is 0 Å². The van der Waals surface area contributed by atoms with Gasteiger partial charge >= 0.3 is 6.18 Å². The van der Waals surface area contributed by atoms with E-state index < -0.39 is 11.7 Å². The second-order valence-electron chi connectivity index (χ2n) is 6.46. The molecule has 0 aliphatic rings. The van der Waals surface area contributed by atoms with Gasteiger partial charge in [0.1, 0.15) is 17.1 Å². The predicted molar refractivity (Wildman–Crippen MR) is 115 cm³/mol. The summed E-state index contributed by atoms with van der Waals surface area (Å²) in [6.45, 7) is 2.63. The van der Waals surface area contributed by atoms with Gasteiger partial charge in [-0.25, -0.2) is 4.98 Å². The number of ether oxygens (including phenoxy) is 1. The number of halogens is 4. The van der Waals surface area contributed by atoms with E-state index in [1.54, 1.807) is 60.5 Å². The minimum absolute atomic E-state index is 0.129. The Morgan fingerprint density at radius 2 is 1.73 bits per heavy atom. The monoisotopic (exact) mass is 480 g/mol. The van der Waals surface area contributed by atoms with Crippen molar-refractivity contribution in [1.82, 2.24) is 9.97 Å². The summed E-state index contributed by atoms with van der Waals surface area (Å²) >= 11 is 3.30. The molecule has 0 bridgehead atoms. The lowest BCUT2D eigenvalue weighted by Crippen LogP contribution is -2.17. The first-order chi connectivity index (χ1) is 14.3. The Labute approximate surface area is 181 Å². The summed E-state index contributed by atoms with van der Waals surface area (Å²) in [6.07, 6.45) is -2.90. The quantitative estimate of drug-likeness (QED) is 0.414. The fourth-order valence-electron chi connectivity index (χ4n) is 2.61. The van der Waals surface area contributed by atoms with Crippen molar-refractivity contribution in [2.45, 2.75) is 19.5 Å². The summed E-state index contributed by atoms with van der Waals surface area (Å²) in [5, 5.41) is 2.75. The Balaban J connectivity index is 1.90. The van der Waals surface area contributed by atoms with E-state index in [9.17, 15) is 13.2 Å². The molecule has 0 fully saturated rings. The highest BCUT2D eigenvalue weighted by Crippen LogP contribution is 2.36. The molecule has 2 aromatic carbocycles. The van der Waals surface area contributed by atoms with Crippen LogP contribution in [0.5, 0.6) is 5.75 Å². The molecule has 5 nitrogen and oxygen atoms in total. The number of hydrogen-bond donors (Lipinski definition) is 1. The Bertz CT molecular complexity index is 979. The maximum absolute atomic E-state index is 13.5. The van der Waals surface area contributed by atoms with Gasteiger partial charge in [-0.1, -0.05) is 22.9 Å². The molecule has 1 N–H and O–H groups in total. The summed E-state index contributed by atoms with van der Waals surface area (Å²) in [7, 11) is 1.69. The minimum Gasteiger partial charge on any atom is -0.494 e. The molecule has 3 aromatic rings. The number of alkyl halides is 3. The summed E-state index contributed by atoms with van der Waals surface area (Å²) in [5.41, 5.74) is 0.257. The van der Waals surface area contributed by atoms with Crippen molar-refractivity contribution in [2.24, 2.45) is 0 Å². The van der Waals surface area contributed by atoms with Crippen LogP contribution in [0.3, 0.4) is 0 Å². The number of nitrogens with one attached hydrogen (secondary N) is 1. The van der Waals surface area contributed by atoms with E-state index in [1.807, 2.05) is 6.92 Å². The molecule has 0 saturated carbocycles. The van der Waals surface area contributed by atoms with Crippen LogP contribution in [0.1, 0.15) is 18.9 Å². The van der Waals surface area contributed by atoms with Gasteiger partial charge in [0.15, 0.2) is 0 Å². The predicted octanol–water partition coefficient (Wildman–Crippen LogP) is 6.56. The fraction of sp³-hybridized carbons (Fsp3) is 0.238. The molecule has 0 amide bonds. The van der Waals surface area contributed by atoms with E-state index in [0.717, 1.165) is 22.8 Å². The number of aromatic nitrogens is 2. The summed E-state index contributed by atoms with van der Waals surface area (Å²) < 4.78 is 46.8. The third-order valence-electron chi connectivity index (χ3n) is 4.19. The van der Waals surface area contributed by atoms with Crippen molar-refractivity contribution in [1.29, 1.82) is 0 Å². The molecule has 30 heavy (non-hydrogen) atoms. The molecule has 9 heteroatoms. The molecule has 0 radical (unpaired) electrons. The first-order valence-electron chi connectivity index (χ1n) is 9.21. The van der Waals surface area contributed by atoms with Gasteiger partial charge < -0.3 is 15.0 Å². The maximum Gasteiger partial charge on any atom is 0.421 e. The van der Waals surface area contributed by atoms with Crippen LogP contribution in [-0.4, -0.2) is 23.6 Å². The number of anilines is 4. The zero-order chi connectivity index (χ0) is 21.7. The van der Waals surface area contributed by atoms with Crippen molar-refractivity contribution >= 4 is 39.1 Å². The van der Waals surface area contributed by atoms with Gasteiger partial charge in [-0.2, -0.15) is 18.2 Å². The van der Waals surface area contributed by atoms with Crippen molar-refractivity contribution < 1.29 is 17.9 Å². The van der Waals surface area contributed by atoms with Crippen LogP contribution in [0.15, 0.2) is 59.2 Å². The second-order valence-corrected chi connectivity index (χ2v) is 7.38. The number of nitrogens with zero attached hydrogens (tertiary/aromatic N) is 3. The van der Waals surface area contributed by atoms with Crippen molar-refractivity contribution in [2.75, 3.05) is 23.9 Å². The highest BCUT2D eigenvalue weighted by Gasteiger charge is 2.35. The average Bonchev–Trinajstić information content (AvgIpc) is 2.73.